The maximum absolute atomic E-state index is 4.15. The Balaban J connectivity index is 1.87. The molecule has 1 aliphatic heterocycles. The van der Waals surface area contributed by atoms with Gasteiger partial charge >= 0.3 is 0 Å². The smallest absolute Gasteiger partial charge is 0.0411 e. The molecule has 2 rings (SSSR count). The summed E-state index contributed by atoms with van der Waals surface area (Å²) in [4.78, 5) is 2.47. The van der Waals surface area contributed by atoms with Crippen molar-refractivity contribution in [2.75, 3.05) is 19.6 Å². The van der Waals surface area contributed by atoms with Crippen LogP contribution in [-0.4, -0.2) is 36.3 Å². The highest BCUT2D eigenvalue weighted by Crippen LogP contribution is 2.18. The van der Waals surface area contributed by atoms with Gasteiger partial charge in [0.1, 0.15) is 0 Å². The van der Waals surface area contributed by atoms with Gasteiger partial charge in [0.15, 0.2) is 0 Å². The van der Waals surface area contributed by atoms with E-state index in [4.69, 9.17) is 0 Å². The van der Waals surface area contributed by atoms with Gasteiger partial charge in [0.2, 0.25) is 0 Å². The molecule has 1 heterocycles. The molecule has 0 saturated carbocycles. The SMILES string of the molecule is C=NN(CCCC)C1=CCN(Cc2ccccc2)CC1. The zero-order valence-electron chi connectivity index (χ0n) is 12.5. The van der Waals surface area contributed by atoms with Gasteiger partial charge in [-0.1, -0.05) is 43.7 Å². The average molecular weight is 271 g/mol. The molecule has 0 fully saturated rings. The van der Waals surface area contributed by atoms with E-state index in [0.717, 1.165) is 32.6 Å². The molecule has 1 aromatic rings. The lowest BCUT2D eigenvalue weighted by atomic mass is 10.1. The van der Waals surface area contributed by atoms with Crippen molar-refractivity contribution >= 4 is 6.72 Å². The highest BCUT2D eigenvalue weighted by molar-refractivity contribution is 5.24. The molecule has 0 N–H and O–H groups in total. The van der Waals surface area contributed by atoms with Gasteiger partial charge in [0.05, 0.1) is 0 Å². The largest absolute Gasteiger partial charge is 0.295 e. The molecule has 0 bridgehead atoms. The van der Waals surface area contributed by atoms with Crippen LogP contribution in [0.2, 0.25) is 0 Å². The summed E-state index contributed by atoms with van der Waals surface area (Å²) < 4.78 is 0. The van der Waals surface area contributed by atoms with Gasteiger partial charge in [0.25, 0.3) is 0 Å². The van der Waals surface area contributed by atoms with E-state index in [-0.39, 0.29) is 0 Å². The number of hydrogen-bond donors (Lipinski definition) is 0. The predicted octanol–water partition coefficient (Wildman–Crippen LogP) is 3.49. The third kappa shape index (κ3) is 4.20. The predicted molar refractivity (Wildman–Crippen MR) is 85.6 cm³/mol. The molecule has 0 saturated heterocycles. The first-order chi connectivity index (χ1) is 9.83. The van der Waals surface area contributed by atoms with Gasteiger partial charge in [-0.15, -0.1) is 0 Å². The molecule has 0 unspecified atom stereocenters. The fourth-order valence-corrected chi connectivity index (χ4v) is 2.53. The average Bonchev–Trinajstić information content (AvgIpc) is 2.50. The molecule has 3 nitrogen and oxygen atoms in total. The Labute approximate surface area is 122 Å². The molecule has 3 heteroatoms. The van der Waals surface area contributed by atoms with Crippen LogP contribution in [0.25, 0.3) is 0 Å². The zero-order chi connectivity index (χ0) is 14.2. The zero-order valence-corrected chi connectivity index (χ0v) is 12.5. The molecule has 0 aliphatic carbocycles. The quantitative estimate of drug-likeness (QED) is 0.558. The van der Waals surface area contributed by atoms with Crippen LogP contribution in [0.1, 0.15) is 31.7 Å². The van der Waals surface area contributed by atoms with Crippen molar-refractivity contribution < 1.29 is 0 Å². The monoisotopic (exact) mass is 271 g/mol. The fourth-order valence-electron chi connectivity index (χ4n) is 2.53. The molecule has 1 aliphatic rings. The van der Waals surface area contributed by atoms with Crippen LogP contribution in [0.3, 0.4) is 0 Å². The number of rotatable bonds is 7. The van der Waals surface area contributed by atoms with Crippen molar-refractivity contribution in [3.05, 3.63) is 47.7 Å². The Morgan fingerprint density at radius 3 is 2.70 bits per heavy atom. The number of hydrogen-bond acceptors (Lipinski definition) is 3. The Hall–Kier alpha value is -1.61. The number of nitrogens with zero attached hydrogens (tertiary/aromatic N) is 3. The van der Waals surface area contributed by atoms with Gasteiger partial charge in [-0.3, -0.25) is 9.91 Å². The summed E-state index contributed by atoms with van der Waals surface area (Å²) in [6.45, 7) is 10.0. The second kappa shape index (κ2) is 7.85. The van der Waals surface area contributed by atoms with Crippen molar-refractivity contribution in [2.24, 2.45) is 5.10 Å². The Kier molecular flexibility index (Phi) is 5.81. The minimum absolute atomic E-state index is 0.991. The van der Waals surface area contributed by atoms with E-state index in [0.29, 0.717) is 0 Å². The highest BCUT2D eigenvalue weighted by Gasteiger charge is 2.15. The van der Waals surface area contributed by atoms with Crippen molar-refractivity contribution in [3.63, 3.8) is 0 Å². The molecule has 0 atom stereocenters. The first kappa shape index (κ1) is 14.8. The molecule has 0 amide bonds. The lowest BCUT2D eigenvalue weighted by Gasteiger charge is -2.30. The van der Waals surface area contributed by atoms with Gasteiger partial charge in [-0.05, 0) is 18.1 Å². The van der Waals surface area contributed by atoms with Gasteiger partial charge in [-0.25, -0.2) is 0 Å². The van der Waals surface area contributed by atoms with Gasteiger partial charge < -0.3 is 0 Å². The van der Waals surface area contributed by atoms with E-state index in [2.05, 4.69) is 65.1 Å². The first-order valence-corrected chi connectivity index (χ1v) is 7.53. The van der Waals surface area contributed by atoms with Crippen LogP contribution in [0.4, 0.5) is 0 Å². The van der Waals surface area contributed by atoms with Crippen molar-refractivity contribution in [2.45, 2.75) is 32.7 Å². The molecule has 1 aromatic carbocycles. The van der Waals surface area contributed by atoms with Crippen molar-refractivity contribution in [1.82, 2.24) is 9.91 Å². The summed E-state index contributed by atoms with van der Waals surface area (Å²) >= 11 is 0. The molecule has 0 spiro atoms. The Morgan fingerprint density at radius 2 is 2.10 bits per heavy atom. The van der Waals surface area contributed by atoms with E-state index < -0.39 is 0 Å². The number of unbranched alkanes of at least 4 members (excludes halogenated alkanes) is 1. The summed E-state index contributed by atoms with van der Waals surface area (Å²) in [5.74, 6) is 0. The van der Waals surface area contributed by atoms with Gasteiger partial charge in [-0.2, -0.15) is 5.10 Å². The molecular weight excluding hydrogens is 246 g/mol. The Morgan fingerprint density at radius 1 is 1.30 bits per heavy atom. The van der Waals surface area contributed by atoms with E-state index in [1.54, 1.807) is 0 Å². The van der Waals surface area contributed by atoms with Crippen LogP contribution in [-0.2, 0) is 6.54 Å². The minimum Gasteiger partial charge on any atom is -0.295 e. The molecule has 0 radical (unpaired) electrons. The minimum atomic E-state index is 0.991. The molecular formula is C17H25N3. The normalized spacial score (nSPS) is 15.8. The second-order valence-corrected chi connectivity index (χ2v) is 5.28. The second-order valence-electron chi connectivity index (χ2n) is 5.28. The summed E-state index contributed by atoms with van der Waals surface area (Å²) in [5.41, 5.74) is 2.71. The third-order valence-electron chi connectivity index (χ3n) is 3.74. The standard InChI is InChI=1S/C17H25N3/c1-3-4-12-20(18-2)17-10-13-19(14-11-17)15-16-8-6-5-7-9-16/h5-10H,2-4,11-15H2,1H3. The summed E-state index contributed by atoms with van der Waals surface area (Å²) in [5, 5.41) is 6.23. The van der Waals surface area contributed by atoms with Crippen LogP contribution in [0.15, 0.2) is 47.2 Å². The summed E-state index contributed by atoms with van der Waals surface area (Å²) in [7, 11) is 0. The van der Waals surface area contributed by atoms with Crippen LogP contribution in [0.5, 0.6) is 0 Å². The Bertz CT molecular complexity index is 439. The summed E-state index contributed by atoms with van der Waals surface area (Å²) in [6.07, 6.45) is 5.73. The first-order valence-electron chi connectivity index (χ1n) is 7.53. The molecule has 108 valence electrons. The van der Waals surface area contributed by atoms with E-state index in [1.807, 2.05) is 0 Å². The van der Waals surface area contributed by atoms with Crippen molar-refractivity contribution in [3.8, 4) is 0 Å². The lowest BCUT2D eigenvalue weighted by molar-refractivity contribution is 0.250. The lowest BCUT2D eigenvalue weighted by Crippen LogP contribution is -2.32. The maximum atomic E-state index is 4.15. The number of benzene rings is 1. The van der Waals surface area contributed by atoms with E-state index >= 15 is 0 Å². The fraction of sp³-hybridized carbons (Fsp3) is 0.471. The topological polar surface area (TPSA) is 18.8 Å². The van der Waals surface area contributed by atoms with Gasteiger partial charge in [0, 0.05) is 45.0 Å². The van der Waals surface area contributed by atoms with E-state index in [1.165, 1.54) is 24.1 Å². The van der Waals surface area contributed by atoms with Crippen LogP contribution < -0.4 is 0 Å². The summed E-state index contributed by atoms with van der Waals surface area (Å²) in [6, 6.07) is 10.7. The van der Waals surface area contributed by atoms with Crippen LogP contribution in [0, 0.1) is 0 Å². The van der Waals surface area contributed by atoms with E-state index in [9.17, 15) is 0 Å². The highest BCUT2D eigenvalue weighted by atomic mass is 15.4. The van der Waals surface area contributed by atoms with Crippen LogP contribution >= 0.6 is 0 Å². The molecule has 20 heavy (non-hydrogen) atoms. The molecule has 0 aromatic heterocycles. The van der Waals surface area contributed by atoms with Crippen molar-refractivity contribution in [1.29, 1.82) is 0 Å². The number of hydrazone groups is 1. The third-order valence-corrected chi connectivity index (χ3v) is 3.74. The maximum Gasteiger partial charge on any atom is 0.0411 e.